The van der Waals surface area contributed by atoms with Gasteiger partial charge in [0.25, 0.3) is 0 Å². The minimum atomic E-state index is -0.253. The molecule has 0 unspecified atom stereocenters. The van der Waals surface area contributed by atoms with Crippen LogP contribution in [0.2, 0.25) is 0 Å². The molecule has 0 radical (unpaired) electrons. The van der Waals surface area contributed by atoms with Crippen LogP contribution in [-0.2, 0) is 24.3 Å². The first-order chi connectivity index (χ1) is 13.1. The Morgan fingerprint density at radius 2 is 1.82 bits per heavy atom. The number of nitrogens with one attached hydrogen (secondary N) is 2. The fourth-order valence-electron chi connectivity index (χ4n) is 2.76. The molecule has 2 aromatic carbocycles. The first kappa shape index (κ1) is 24.2. The van der Waals surface area contributed by atoms with Crippen molar-refractivity contribution in [2.45, 2.75) is 26.5 Å². The molecule has 0 spiro atoms. The predicted octanol–water partition coefficient (Wildman–Crippen LogP) is 3.81. The van der Waals surface area contributed by atoms with Gasteiger partial charge in [-0.3, -0.25) is 4.99 Å². The molecule has 0 aromatic heterocycles. The molecule has 28 heavy (non-hydrogen) atoms. The molecular formula is C21H29FIN3O2. The number of nitrogens with zero attached hydrogens (tertiary/aromatic N) is 1. The van der Waals surface area contributed by atoms with Crippen LogP contribution in [0.1, 0.15) is 22.3 Å². The van der Waals surface area contributed by atoms with Crippen molar-refractivity contribution in [2.24, 2.45) is 4.99 Å². The molecule has 0 saturated carbocycles. The van der Waals surface area contributed by atoms with E-state index in [0.29, 0.717) is 18.1 Å². The molecule has 0 heterocycles. The van der Waals surface area contributed by atoms with Gasteiger partial charge in [0.1, 0.15) is 11.6 Å². The highest BCUT2D eigenvalue weighted by atomic mass is 127. The average Bonchev–Trinajstić information content (AvgIpc) is 2.68. The van der Waals surface area contributed by atoms with Crippen LogP contribution in [0.15, 0.2) is 41.4 Å². The molecule has 2 aromatic rings. The van der Waals surface area contributed by atoms with Crippen molar-refractivity contribution in [3.8, 4) is 5.75 Å². The molecular weight excluding hydrogens is 472 g/mol. The van der Waals surface area contributed by atoms with Crippen LogP contribution in [0.5, 0.6) is 5.75 Å². The Balaban J connectivity index is 0.00000392. The summed E-state index contributed by atoms with van der Waals surface area (Å²) in [6.07, 6.45) is 0.853. The van der Waals surface area contributed by atoms with Crippen LogP contribution in [0, 0.1) is 12.7 Å². The zero-order chi connectivity index (χ0) is 19.6. The van der Waals surface area contributed by atoms with Crippen LogP contribution in [0.4, 0.5) is 4.39 Å². The van der Waals surface area contributed by atoms with Gasteiger partial charge in [0.2, 0.25) is 0 Å². The van der Waals surface area contributed by atoms with Crippen molar-refractivity contribution in [1.29, 1.82) is 0 Å². The normalized spacial score (nSPS) is 11.0. The van der Waals surface area contributed by atoms with Gasteiger partial charge in [0.05, 0.1) is 13.7 Å². The lowest BCUT2D eigenvalue weighted by atomic mass is 10.1. The Morgan fingerprint density at radius 3 is 2.50 bits per heavy atom. The summed E-state index contributed by atoms with van der Waals surface area (Å²) in [5, 5.41) is 6.53. The highest BCUT2D eigenvalue weighted by molar-refractivity contribution is 14.0. The van der Waals surface area contributed by atoms with Gasteiger partial charge >= 0.3 is 0 Å². The molecule has 0 bridgehead atoms. The lowest BCUT2D eigenvalue weighted by Crippen LogP contribution is -2.37. The molecule has 2 rings (SSSR count). The maximum atomic E-state index is 13.7. The maximum Gasteiger partial charge on any atom is 0.191 e. The second-order valence-electron chi connectivity index (χ2n) is 6.27. The number of rotatable bonds is 8. The lowest BCUT2D eigenvalue weighted by molar-refractivity contribution is 0.181. The summed E-state index contributed by atoms with van der Waals surface area (Å²) in [6, 6.07) is 11.2. The minimum Gasteiger partial charge on any atom is -0.496 e. The smallest absolute Gasteiger partial charge is 0.191 e. The number of aliphatic imine (C=N–C) groups is 1. The predicted molar refractivity (Wildman–Crippen MR) is 122 cm³/mol. The molecule has 2 N–H and O–H groups in total. The van der Waals surface area contributed by atoms with E-state index in [-0.39, 0.29) is 36.4 Å². The third-order valence-corrected chi connectivity index (χ3v) is 4.27. The van der Waals surface area contributed by atoms with Gasteiger partial charge in [0.15, 0.2) is 5.96 Å². The number of aryl methyl sites for hydroxylation is 1. The number of ether oxygens (including phenoxy) is 2. The molecule has 5 nitrogen and oxygen atoms in total. The number of halogens is 2. The lowest BCUT2D eigenvalue weighted by Gasteiger charge is -2.13. The van der Waals surface area contributed by atoms with Crippen LogP contribution in [0.25, 0.3) is 0 Å². The van der Waals surface area contributed by atoms with Crippen molar-refractivity contribution in [3.63, 3.8) is 0 Å². The first-order valence-electron chi connectivity index (χ1n) is 8.91. The highest BCUT2D eigenvalue weighted by Crippen LogP contribution is 2.19. The maximum absolute atomic E-state index is 13.7. The second kappa shape index (κ2) is 12.6. The fourth-order valence-corrected chi connectivity index (χ4v) is 2.76. The van der Waals surface area contributed by atoms with E-state index in [4.69, 9.17) is 9.47 Å². The quantitative estimate of drug-likeness (QED) is 0.328. The third kappa shape index (κ3) is 7.27. The Morgan fingerprint density at radius 1 is 1.07 bits per heavy atom. The topological polar surface area (TPSA) is 54.9 Å². The van der Waals surface area contributed by atoms with Gasteiger partial charge in [-0.1, -0.05) is 18.2 Å². The monoisotopic (exact) mass is 501 g/mol. The van der Waals surface area contributed by atoms with Crippen molar-refractivity contribution in [3.05, 3.63) is 64.5 Å². The summed E-state index contributed by atoms with van der Waals surface area (Å²) >= 11 is 0. The van der Waals surface area contributed by atoms with E-state index in [9.17, 15) is 4.39 Å². The number of guanidine groups is 1. The van der Waals surface area contributed by atoms with E-state index >= 15 is 0 Å². The van der Waals surface area contributed by atoms with E-state index in [0.717, 1.165) is 29.8 Å². The molecule has 0 atom stereocenters. The Kier molecular flexibility index (Phi) is 10.8. The van der Waals surface area contributed by atoms with Gasteiger partial charge in [-0.15, -0.1) is 24.0 Å². The van der Waals surface area contributed by atoms with Gasteiger partial charge in [0, 0.05) is 32.8 Å². The summed E-state index contributed by atoms with van der Waals surface area (Å²) < 4.78 is 24.1. The number of benzene rings is 2. The van der Waals surface area contributed by atoms with Gasteiger partial charge in [-0.25, -0.2) is 4.39 Å². The zero-order valence-electron chi connectivity index (χ0n) is 16.8. The van der Waals surface area contributed by atoms with E-state index in [1.807, 2.05) is 6.92 Å². The molecule has 0 amide bonds. The standard InChI is InChI=1S/C21H28FN3O2.HI/c1-15-5-6-16(12-20(15)27-4)9-10-24-21(23-2)25-13-17-7-8-19(22)18(11-17)14-26-3;/h5-8,11-12H,9-10,13-14H2,1-4H3,(H2,23,24,25);1H. The average molecular weight is 501 g/mol. The minimum absolute atomic E-state index is 0. The van der Waals surface area contributed by atoms with Crippen molar-refractivity contribution < 1.29 is 13.9 Å². The largest absolute Gasteiger partial charge is 0.496 e. The van der Waals surface area contributed by atoms with E-state index in [1.54, 1.807) is 33.4 Å². The van der Waals surface area contributed by atoms with E-state index < -0.39 is 0 Å². The zero-order valence-corrected chi connectivity index (χ0v) is 19.2. The fraction of sp³-hybridized carbons (Fsp3) is 0.381. The van der Waals surface area contributed by atoms with E-state index in [2.05, 4.69) is 33.8 Å². The SMILES string of the molecule is CN=C(NCCc1ccc(C)c(OC)c1)NCc1ccc(F)c(COC)c1.I. The van der Waals surface area contributed by atoms with Crippen LogP contribution >= 0.6 is 24.0 Å². The van der Waals surface area contributed by atoms with Gasteiger partial charge in [-0.2, -0.15) is 0 Å². The van der Waals surface area contributed by atoms with Gasteiger partial charge in [-0.05, 0) is 48.2 Å². The second-order valence-corrected chi connectivity index (χ2v) is 6.27. The van der Waals surface area contributed by atoms with Crippen molar-refractivity contribution >= 4 is 29.9 Å². The molecule has 0 fully saturated rings. The Bertz CT molecular complexity index is 784. The number of methoxy groups -OCH3 is 2. The van der Waals surface area contributed by atoms with Gasteiger partial charge < -0.3 is 20.1 Å². The summed E-state index contributed by atoms with van der Waals surface area (Å²) in [7, 11) is 4.97. The molecule has 0 aliphatic heterocycles. The summed E-state index contributed by atoms with van der Waals surface area (Å²) in [5.74, 6) is 1.35. The summed E-state index contributed by atoms with van der Waals surface area (Å²) in [5.41, 5.74) is 3.84. The van der Waals surface area contributed by atoms with Crippen LogP contribution < -0.4 is 15.4 Å². The van der Waals surface area contributed by atoms with Crippen molar-refractivity contribution in [2.75, 3.05) is 27.8 Å². The Labute approximate surface area is 183 Å². The first-order valence-corrected chi connectivity index (χ1v) is 8.91. The van der Waals surface area contributed by atoms with E-state index in [1.165, 1.54) is 11.6 Å². The number of hydrogen-bond donors (Lipinski definition) is 2. The summed E-state index contributed by atoms with van der Waals surface area (Å²) in [6.45, 7) is 3.58. The number of hydrogen-bond acceptors (Lipinski definition) is 3. The third-order valence-electron chi connectivity index (χ3n) is 4.27. The van der Waals surface area contributed by atoms with Crippen LogP contribution in [0.3, 0.4) is 0 Å². The molecule has 154 valence electrons. The summed E-state index contributed by atoms with van der Waals surface area (Å²) in [4.78, 5) is 4.23. The molecule has 0 saturated heterocycles. The Hall–Kier alpha value is -1.87. The molecule has 0 aliphatic rings. The highest BCUT2D eigenvalue weighted by Gasteiger charge is 2.05. The van der Waals surface area contributed by atoms with Crippen LogP contribution in [-0.4, -0.2) is 33.8 Å². The molecule has 0 aliphatic carbocycles. The molecule has 7 heteroatoms. The van der Waals surface area contributed by atoms with Crippen molar-refractivity contribution in [1.82, 2.24) is 10.6 Å².